The van der Waals surface area contributed by atoms with Crippen molar-refractivity contribution in [3.05, 3.63) is 59.7 Å². The van der Waals surface area contributed by atoms with Crippen LogP contribution in [0.25, 0.3) is 0 Å². The summed E-state index contributed by atoms with van der Waals surface area (Å²) in [4.78, 5) is 26.1. The standard InChI is InChI=1S/C20H21N3O3/c24-17-9-7-15(8-10-17)14-21-22-19(25)11-12-20(26)23-13-3-5-16-4-1-2-6-18(16)23/h1-2,4,6-10,14,24H,3,5,11-13H2,(H,22,25). The molecule has 2 aromatic rings. The Kier molecular flexibility index (Phi) is 5.63. The largest absolute Gasteiger partial charge is 0.508 e. The number of fused-ring (bicyclic) bond motifs is 1. The molecule has 2 aromatic carbocycles. The van der Waals surface area contributed by atoms with Gasteiger partial charge in [-0.2, -0.15) is 5.10 Å². The minimum atomic E-state index is -0.307. The maximum atomic E-state index is 12.5. The van der Waals surface area contributed by atoms with Gasteiger partial charge in [0, 0.05) is 25.1 Å². The predicted molar refractivity (Wildman–Crippen MR) is 100 cm³/mol. The van der Waals surface area contributed by atoms with Crippen molar-refractivity contribution in [2.24, 2.45) is 5.10 Å². The number of amides is 2. The fourth-order valence-corrected chi connectivity index (χ4v) is 2.94. The number of anilines is 1. The third kappa shape index (κ3) is 4.47. The van der Waals surface area contributed by atoms with E-state index < -0.39 is 0 Å². The maximum Gasteiger partial charge on any atom is 0.240 e. The number of benzene rings is 2. The first-order chi connectivity index (χ1) is 12.6. The van der Waals surface area contributed by atoms with E-state index in [1.165, 1.54) is 23.9 Å². The normalized spacial score (nSPS) is 13.5. The summed E-state index contributed by atoms with van der Waals surface area (Å²) in [6, 6.07) is 14.3. The monoisotopic (exact) mass is 351 g/mol. The lowest BCUT2D eigenvalue weighted by atomic mass is 10.0. The Labute approximate surface area is 152 Å². The van der Waals surface area contributed by atoms with Gasteiger partial charge in [-0.05, 0) is 54.3 Å². The molecule has 26 heavy (non-hydrogen) atoms. The molecule has 0 unspecified atom stereocenters. The molecular formula is C20H21N3O3. The van der Waals surface area contributed by atoms with E-state index in [4.69, 9.17) is 0 Å². The van der Waals surface area contributed by atoms with Gasteiger partial charge in [0.25, 0.3) is 0 Å². The summed E-state index contributed by atoms with van der Waals surface area (Å²) in [6.45, 7) is 0.691. The van der Waals surface area contributed by atoms with Gasteiger partial charge in [-0.15, -0.1) is 0 Å². The Morgan fingerprint density at radius 2 is 1.88 bits per heavy atom. The van der Waals surface area contributed by atoms with Gasteiger partial charge in [-0.1, -0.05) is 18.2 Å². The molecule has 0 bridgehead atoms. The number of phenols is 1. The summed E-state index contributed by atoms with van der Waals surface area (Å²) in [5.74, 6) is -0.183. The molecule has 0 aliphatic carbocycles. The van der Waals surface area contributed by atoms with Crippen LogP contribution in [0.4, 0.5) is 5.69 Å². The van der Waals surface area contributed by atoms with Crippen molar-refractivity contribution in [3.63, 3.8) is 0 Å². The number of carbonyl (C=O) groups is 2. The summed E-state index contributed by atoms with van der Waals surface area (Å²) in [6.07, 6.45) is 3.64. The van der Waals surface area contributed by atoms with E-state index in [1.807, 2.05) is 24.3 Å². The van der Waals surface area contributed by atoms with Crippen LogP contribution in [0.5, 0.6) is 5.75 Å². The number of nitrogens with zero attached hydrogens (tertiary/aromatic N) is 2. The number of para-hydroxylation sites is 1. The zero-order chi connectivity index (χ0) is 18.4. The van der Waals surface area contributed by atoms with Crippen LogP contribution in [0.15, 0.2) is 53.6 Å². The lowest BCUT2D eigenvalue weighted by Crippen LogP contribution is -2.36. The van der Waals surface area contributed by atoms with Crippen molar-refractivity contribution >= 4 is 23.7 Å². The summed E-state index contributed by atoms with van der Waals surface area (Å²) in [5.41, 5.74) is 5.30. The van der Waals surface area contributed by atoms with Crippen LogP contribution in [-0.2, 0) is 16.0 Å². The van der Waals surface area contributed by atoms with Crippen LogP contribution in [0.2, 0.25) is 0 Å². The molecular weight excluding hydrogens is 330 g/mol. The molecule has 0 saturated carbocycles. The number of rotatable bonds is 5. The molecule has 3 rings (SSSR count). The Morgan fingerprint density at radius 1 is 1.12 bits per heavy atom. The highest BCUT2D eigenvalue weighted by Crippen LogP contribution is 2.27. The topological polar surface area (TPSA) is 82.0 Å². The number of hydrazone groups is 1. The third-order valence-electron chi connectivity index (χ3n) is 4.27. The fourth-order valence-electron chi connectivity index (χ4n) is 2.94. The Hall–Kier alpha value is -3.15. The van der Waals surface area contributed by atoms with Gasteiger partial charge >= 0.3 is 0 Å². The molecule has 6 nitrogen and oxygen atoms in total. The first-order valence-corrected chi connectivity index (χ1v) is 8.63. The van der Waals surface area contributed by atoms with Crippen LogP contribution in [0.3, 0.4) is 0 Å². The number of phenolic OH excluding ortho intramolecular Hbond substituents is 1. The molecule has 1 aliphatic rings. The molecule has 134 valence electrons. The second-order valence-electron chi connectivity index (χ2n) is 6.16. The summed E-state index contributed by atoms with van der Waals surface area (Å²) in [5, 5.41) is 13.1. The zero-order valence-corrected chi connectivity index (χ0v) is 14.4. The van der Waals surface area contributed by atoms with Gasteiger partial charge < -0.3 is 10.0 Å². The Morgan fingerprint density at radius 3 is 2.69 bits per heavy atom. The molecule has 2 amide bonds. The van der Waals surface area contributed by atoms with Crippen LogP contribution in [0, 0.1) is 0 Å². The molecule has 0 radical (unpaired) electrons. The highest BCUT2D eigenvalue weighted by atomic mass is 16.3. The van der Waals surface area contributed by atoms with E-state index in [0.717, 1.165) is 24.1 Å². The minimum Gasteiger partial charge on any atom is -0.508 e. The van der Waals surface area contributed by atoms with Crippen molar-refractivity contribution in [1.82, 2.24) is 5.43 Å². The number of nitrogens with one attached hydrogen (secondary N) is 1. The molecule has 0 saturated heterocycles. The van der Waals surface area contributed by atoms with Gasteiger partial charge in [0.2, 0.25) is 11.8 Å². The maximum absolute atomic E-state index is 12.5. The quantitative estimate of drug-likeness (QED) is 0.642. The molecule has 1 aliphatic heterocycles. The molecule has 0 fully saturated rings. The van der Waals surface area contributed by atoms with Crippen LogP contribution >= 0.6 is 0 Å². The van der Waals surface area contributed by atoms with Gasteiger partial charge in [0.1, 0.15) is 5.75 Å². The fraction of sp³-hybridized carbons (Fsp3) is 0.250. The van der Waals surface area contributed by atoms with Crippen molar-refractivity contribution in [2.75, 3.05) is 11.4 Å². The first-order valence-electron chi connectivity index (χ1n) is 8.63. The lowest BCUT2D eigenvalue weighted by molar-refractivity contribution is -0.125. The van der Waals surface area contributed by atoms with Crippen LogP contribution in [-0.4, -0.2) is 29.7 Å². The Balaban J connectivity index is 1.49. The summed E-state index contributed by atoms with van der Waals surface area (Å²) in [7, 11) is 0. The smallest absolute Gasteiger partial charge is 0.240 e. The molecule has 0 spiro atoms. The predicted octanol–water partition coefficient (Wildman–Crippen LogP) is 2.60. The lowest BCUT2D eigenvalue weighted by Gasteiger charge is -2.29. The van der Waals surface area contributed by atoms with Gasteiger partial charge in [-0.25, -0.2) is 5.43 Å². The van der Waals surface area contributed by atoms with Crippen molar-refractivity contribution in [1.29, 1.82) is 0 Å². The zero-order valence-electron chi connectivity index (χ0n) is 14.4. The molecule has 2 N–H and O–H groups in total. The molecule has 6 heteroatoms. The van der Waals surface area contributed by atoms with E-state index in [1.54, 1.807) is 17.0 Å². The second kappa shape index (κ2) is 8.29. The SMILES string of the molecule is O=C(CCC(=O)N1CCCc2ccccc21)NN=Cc1ccc(O)cc1. The number of hydrogen-bond donors (Lipinski definition) is 2. The number of aromatic hydroxyl groups is 1. The average molecular weight is 351 g/mol. The van der Waals surface area contributed by atoms with E-state index in [-0.39, 0.29) is 30.4 Å². The van der Waals surface area contributed by atoms with E-state index >= 15 is 0 Å². The van der Waals surface area contributed by atoms with Crippen LogP contribution < -0.4 is 10.3 Å². The highest BCUT2D eigenvalue weighted by molar-refractivity contribution is 5.96. The van der Waals surface area contributed by atoms with E-state index in [0.29, 0.717) is 6.54 Å². The summed E-state index contributed by atoms with van der Waals surface area (Å²) >= 11 is 0. The minimum absolute atomic E-state index is 0.0465. The first kappa shape index (κ1) is 17.7. The van der Waals surface area contributed by atoms with Crippen molar-refractivity contribution < 1.29 is 14.7 Å². The van der Waals surface area contributed by atoms with Crippen molar-refractivity contribution in [2.45, 2.75) is 25.7 Å². The van der Waals surface area contributed by atoms with Gasteiger partial charge in [-0.3, -0.25) is 9.59 Å². The van der Waals surface area contributed by atoms with E-state index in [2.05, 4.69) is 10.5 Å². The Bertz CT molecular complexity index is 815. The van der Waals surface area contributed by atoms with Gasteiger partial charge in [0.15, 0.2) is 0 Å². The van der Waals surface area contributed by atoms with E-state index in [9.17, 15) is 14.7 Å². The second-order valence-corrected chi connectivity index (χ2v) is 6.16. The molecule has 1 heterocycles. The van der Waals surface area contributed by atoms with Crippen LogP contribution in [0.1, 0.15) is 30.4 Å². The number of aryl methyl sites for hydroxylation is 1. The number of hydrogen-bond acceptors (Lipinski definition) is 4. The highest BCUT2D eigenvalue weighted by Gasteiger charge is 2.22. The summed E-state index contributed by atoms with van der Waals surface area (Å²) < 4.78 is 0. The third-order valence-corrected chi connectivity index (χ3v) is 4.27. The molecule has 0 aromatic heterocycles. The number of carbonyl (C=O) groups excluding carboxylic acids is 2. The average Bonchev–Trinajstić information content (AvgIpc) is 2.67. The molecule has 0 atom stereocenters. The van der Waals surface area contributed by atoms with Gasteiger partial charge in [0.05, 0.1) is 6.21 Å². The van der Waals surface area contributed by atoms with Crippen molar-refractivity contribution in [3.8, 4) is 5.75 Å².